The SMILES string of the molecule is Cc1cc(=O)c2ccc(O)c(CN(C)C)c2o1. The van der Waals surface area contributed by atoms with Crippen molar-refractivity contribution in [2.75, 3.05) is 14.1 Å². The van der Waals surface area contributed by atoms with Crippen LogP contribution < -0.4 is 5.43 Å². The number of hydrogen-bond donors (Lipinski definition) is 1. The molecule has 2 rings (SSSR count). The number of aromatic hydroxyl groups is 1. The van der Waals surface area contributed by atoms with Crippen molar-refractivity contribution in [1.29, 1.82) is 0 Å². The van der Waals surface area contributed by atoms with Gasteiger partial charge in [0.2, 0.25) is 0 Å². The molecule has 0 bridgehead atoms. The van der Waals surface area contributed by atoms with E-state index in [1.165, 1.54) is 12.1 Å². The zero-order chi connectivity index (χ0) is 12.6. The van der Waals surface area contributed by atoms with E-state index in [4.69, 9.17) is 4.42 Å². The summed E-state index contributed by atoms with van der Waals surface area (Å²) in [6.07, 6.45) is 0. The van der Waals surface area contributed by atoms with E-state index in [9.17, 15) is 9.90 Å². The number of phenolic OH excluding ortho intramolecular Hbond substituents is 1. The highest BCUT2D eigenvalue weighted by atomic mass is 16.3. The highest BCUT2D eigenvalue weighted by molar-refractivity contribution is 5.82. The first-order valence-corrected chi connectivity index (χ1v) is 5.39. The van der Waals surface area contributed by atoms with Crippen LogP contribution in [0.25, 0.3) is 11.0 Å². The van der Waals surface area contributed by atoms with Crippen molar-refractivity contribution in [2.24, 2.45) is 0 Å². The van der Waals surface area contributed by atoms with E-state index in [2.05, 4.69) is 0 Å². The Labute approximate surface area is 99.1 Å². The minimum Gasteiger partial charge on any atom is -0.507 e. The highest BCUT2D eigenvalue weighted by Gasteiger charge is 2.12. The van der Waals surface area contributed by atoms with Gasteiger partial charge in [0.05, 0.1) is 10.9 Å². The predicted molar refractivity (Wildman–Crippen MR) is 66.3 cm³/mol. The van der Waals surface area contributed by atoms with Gasteiger partial charge in [-0.25, -0.2) is 0 Å². The predicted octanol–water partition coefficient (Wildman–Crippen LogP) is 1.87. The molecule has 0 saturated heterocycles. The number of hydrogen-bond acceptors (Lipinski definition) is 4. The number of phenols is 1. The first-order valence-electron chi connectivity index (χ1n) is 5.39. The van der Waals surface area contributed by atoms with Crippen LogP contribution in [-0.2, 0) is 6.54 Å². The lowest BCUT2D eigenvalue weighted by atomic mass is 10.1. The topological polar surface area (TPSA) is 53.7 Å². The van der Waals surface area contributed by atoms with Crippen LogP contribution in [0.5, 0.6) is 5.75 Å². The Hall–Kier alpha value is -1.81. The van der Waals surface area contributed by atoms with E-state index in [0.29, 0.717) is 28.8 Å². The second kappa shape index (κ2) is 4.22. The zero-order valence-corrected chi connectivity index (χ0v) is 10.2. The number of fused-ring (bicyclic) bond motifs is 1. The number of nitrogens with zero attached hydrogens (tertiary/aromatic N) is 1. The van der Waals surface area contributed by atoms with Gasteiger partial charge in [0.1, 0.15) is 17.1 Å². The number of rotatable bonds is 2. The lowest BCUT2D eigenvalue weighted by molar-refractivity contribution is 0.383. The van der Waals surface area contributed by atoms with Gasteiger partial charge >= 0.3 is 0 Å². The third-order valence-corrected chi connectivity index (χ3v) is 2.57. The molecule has 0 aliphatic rings. The normalized spacial score (nSPS) is 11.3. The Morgan fingerprint density at radius 2 is 2.06 bits per heavy atom. The second-order valence-corrected chi connectivity index (χ2v) is 4.40. The summed E-state index contributed by atoms with van der Waals surface area (Å²) >= 11 is 0. The van der Waals surface area contributed by atoms with Gasteiger partial charge in [0.25, 0.3) is 0 Å². The Balaban J connectivity index is 2.80. The number of aryl methyl sites for hydroxylation is 1. The fourth-order valence-electron chi connectivity index (χ4n) is 1.85. The van der Waals surface area contributed by atoms with Crippen LogP contribution in [-0.4, -0.2) is 24.1 Å². The zero-order valence-electron chi connectivity index (χ0n) is 10.2. The van der Waals surface area contributed by atoms with Crippen molar-refractivity contribution in [3.63, 3.8) is 0 Å². The Bertz CT molecular complexity index is 614. The lowest BCUT2D eigenvalue weighted by Gasteiger charge is -2.13. The molecule has 1 heterocycles. The van der Waals surface area contributed by atoms with Crippen LogP contribution in [0.4, 0.5) is 0 Å². The van der Waals surface area contributed by atoms with Crippen LogP contribution in [0.15, 0.2) is 27.4 Å². The first kappa shape index (κ1) is 11.7. The molecule has 90 valence electrons. The fraction of sp³-hybridized carbons (Fsp3) is 0.308. The van der Waals surface area contributed by atoms with Crippen molar-refractivity contribution < 1.29 is 9.52 Å². The molecule has 0 atom stereocenters. The molecule has 0 amide bonds. The van der Waals surface area contributed by atoms with Gasteiger partial charge in [0.15, 0.2) is 5.43 Å². The maximum atomic E-state index is 11.8. The maximum Gasteiger partial charge on any atom is 0.192 e. The third-order valence-electron chi connectivity index (χ3n) is 2.57. The molecular formula is C13H15NO3. The molecule has 4 heteroatoms. The lowest BCUT2D eigenvalue weighted by Crippen LogP contribution is -2.12. The standard InChI is InChI=1S/C13H15NO3/c1-8-6-12(16)9-4-5-11(15)10(7-14(2)3)13(9)17-8/h4-6,15H,7H2,1-3H3. The molecule has 0 radical (unpaired) electrons. The molecule has 1 aromatic carbocycles. The van der Waals surface area contributed by atoms with Gasteiger partial charge in [-0.15, -0.1) is 0 Å². The molecule has 0 aliphatic carbocycles. The number of benzene rings is 1. The summed E-state index contributed by atoms with van der Waals surface area (Å²) < 4.78 is 5.57. The molecule has 4 nitrogen and oxygen atoms in total. The minimum absolute atomic E-state index is 0.0799. The molecule has 0 spiro atoms. The molecule has 1 N–H and O–H groups in total. The minimum atomic E-state index is -0.0799. The molecule has 0 saturated carbocycles. The average molecular weight is 233 g/mol. The maximum absolute atomic E-state index is 11.8. The first-order chi connectivity index (χ1) is 7.99. The van der Waals surface area contributed by atoms with Crippen molar-refractivity contribution in [2.45, 2.75) is 13.5 Å². The fourth-order valence-corrected chi connectivity index (χ4v) is 1.85. The van der Waals surface area contributed by atoms with E-state index >= 15 is 0 Å². The smallest absolute Gasteiger partial charge is 0.192 e. The third kappa shape index (κ3) is 2.17. The van der Waals surface area contributed by atoms with E-state index in [0.717, 1.165) is 0 Å². The average Bonchev–Trinajstić information content (AvgIpc) is 2.21. The monoisotopic (exact) mass is 233 g/mol. The van der Waals surface area contributed by atoms with Gasteiger partial charge in [-0.05, 0) is 33.2 Å². The molecule has 17 heavy (non-hydrogen) atoms. The van der Waals surface area contributed by atoms with Crippen molar-refractivity contribution in [3.05, 3.63) is 39.7 Å². The second-order valence-electron chi connectivity index (χ2n) is 4.40. The van der Waals surface area contributed by atoms with E-state index < -0.39 is 0 Å². The van der Waals surface area contributed by atoms with Crippen LogP contribution in [0.3, 0.4) is 0 Å². The Kier molecular flexibility index (Phi) is 2.90. The summed E-state index contributed by atoms with van der Waals surface area (Å²) in [7, 11) is 3.79. The van der Waals surface area contributed by atoms with Gasteiger partial charge in [-0.3, -0.25) is 4.79 Å². The summed E-state index contributed by atoms with van der Waals surface area (Å²) in [4.78, 5) is 13.7. The van der Waals surface area contributed by atoms with E-state index in [-0.39, 0.29) is 11.2 Å². The van der Waals surface area contributed by atoms with Gasteiger partial charge in [-0.1, -0.05) is 0 Å². The summed E-state index contributed by atoms with van der Waals surface area (Å²) in [6, 6.07) is 4.58. The van der Waals surface area contributed by atoms with Crippen LogP contribution in [0.1, 0.15) is 11.3 Å². The summed E-state index contributed by atoms with van der Waals surface area (Å²) in [5.41, 5.74) is 1.04. The summed E-state index contributed by atoms with van der Waals surface area (Å²) in [5, 5.41) is 10.4. The van der Waals surface area contributed by atoms with E-state index in [1.807, 2.05) is 19.0 Å². The molecule has 0 fully saturated rings. The molecule has 2 aromatic rings. The van der Waals surface area contributed by atoms with Crippen LogP contribution in [0.2, 0.25) is 0 Å². The molecule has 0 unspecified atom stereocenters. The molecular weight excluding hydrogens is 218 g/mol. The Morgan fingerprint density at radius 3 is 2.71 bits per heavy atom. The molecule has 1 aromatic heterocycles. The quantitative estimate of drug-likeness (QED) is 0.860. The van der Waals surface area contributed by atoms with Crippen molar-refractivity contribution in [3.8, 4) is 5.75 Å². The summed E-state index contributed by atoms with van der Waals surface area (Å²) in [6.45, 7) is 2.25. The summed E-state index contributed by atoms with van der Waals surface area (Å²) in [5.74, 6) is 0.702. The van der Waals surface area contributed by atoms with Crippen molar-refractivity contribution in [1.82, 2.24) is 4.90 Å². The van der Waals surface area contributed by atoms with E-state index in [1.54, 1.807) is 13.0 Å². The van der Waals surface area contributed by atoms with Gasteiger partial charge < -0.3 is 14.4 Å². The van der Waals surface area contributed by atoms with Crippen LogP contribution >= 0.6 is 0 Å². The van der Waals surface area contributed by atoms with Crippen molar-refractivity contribution >= 4 is 11.0 Å². The highest BCUT2D eigenvalue weighted by Crippen LogP contribution is 2.26. The van der Waals surface area contributed by atoms with Gasteiger partial charge in [-0.2, -0.15) is 0 Å². The Morgan fingerprint density at radius 1 is 1.35 bits per heavy atom. The van der Waals surface area contributed by atoms with Crippen LogP contribution in [0, 0.1) is 6.92 Å². The molecule has 0 aliphatic heterocycles. The largest absolute Gasteiger partial charge is 0.507 e. The van der Waals surface area contributed by atoms with Gasteiger partial charge in [0, 0.05) is 12.6 Å².